The number of H-pyrrole nitrogens is 1. The van der Waals surface area contributed by atoms with Crippen LogP contribution in [0.2, 0.25) is 0 Å². The van der Waals surface area contributed by atoms with Crippen molar-refractivity contribution in [3.63, 3.8) is 0 Å². The van der Waals surface area contributed by atoms with Gasteiger partial charge in [0.05, 0.1) is 17.9 Å². The summed E-state index contributed by atoms with van der Waals surface area (Å²) in [5.41, 5.74) is 3.06. The maximum Gasteiger partial charge on any atom is 0.146 e. The van der Waals surface area contributed by atoms with E-state index in [9.17, 15) is 0 Å². The average Bonchev–Trinajstić information content (AvgIpc) is 3.13. The number of benzene rings is 1. The van der Waals surface area contributed by atoms with Gasteiger partial charge in [-0.25, -0.2) is 9.97 Å². The van der Waals surface area contributed by atoms with E-state index >= 15 is 0 Å². The van der Waals surface area contributed by atoms with Crippen LogP contribution in [-0.4, -0.2) is 21.0 Å². The molecule has 27 heavy (non-hydrogen) atoms. The molecule has 5 nitrogen and oxygen atoms in total. The van der Waals surface area contributed by atoms with Crippen molar-refractivity contribution >= 4 is 22.5 Å². The molecule has 138 valence electrons. The molecule has 0 radical (unpaired) electrons. The van der Waals surface area contributed by atoms with Crippen LogP contribution in [0.5, 0.6) is 0 Å². The molecule has 2 heterocycles. The van der Waals surface area contributed by atoms with Crippen molar-refractivity contribution in [2.75, 3.05) is 4.90 Å². The van der Waals surface area contributed by atoms with E-state index in [1.54, 1.807) is 0 Å². The van der Waals surface area contributed by atoms with Gasteiger partial charge < -0.3 is 9.88 Å². The Labute approximate surface area is 160 Å². The summed E-state index contributed by atoms with van der Waals surface area (Å²) in [6, 6.07) is 13.1. The standard InChI is InChI=1S/C22H25N5/c1-15-3-7-18(8-4-15)27(19-9-5-17(6-10-19)11-13-23)22-20-12-14-24-21(20)25-16(2)26-22/h5-6,9-10,12,14-15,18H,3-4,7-8,11H2,1-2H3,(H,24,25,26). The molecule has 1 saturated carbocycles. The van der Waals surface area contributed by atoms with E-state index in [0.29, 0.717) is 12.5 Å². The summed E-state index contributed by atoms with van der Waals surface area (Å²) in [5.74, 6) is 2.54. The van der Waals surface area contributed by atoms with Crippen LogP contribution in [0, 0.1) is 24.2 Å². The van der Waals surface area contributed by atoms with Gasteiger partial charge in [0.15, 0.2) is 0 Å². The van der Waals surface area contributed by atoms with Gasteiger partial charge in [-0.05, 0) is 62.3 Å². The first kappa shape index (κ1) is 17.5. The second-order valence-electron chi connectivity index (χ2n) is 7.62. The highest BCUT2D eigenvalue weighted by molar-refractivity contribution is 5.90. The Hall–Kier alpha value is -2.87. The van der Waals surface area contributed by atoms with Gasteiger partial charge in [-0.1, -0.05) is 19.1 Å². The first-order valence-corrected chi connectivity index (χ1v) is 9.72. The molecule has 0 bridgehead atoms. The molecule has 0 aliphatic heterocycles. The van der Waals surface area contributed by atoms with E-state index in [1.165, 1.54) is 12.8 Å². The number of hydrogen-bond donors (Lipinski definition) is 1. The van der Waals surface area contributed by atoms with Crippen LogP contribution in [0.15, 0.2) is 36.5 Å². The minimum atomic E-state index is 0.426. The highest BCUT2D eigenvalue weighted by atomic mass is 15.2. The van der Waals surface area contributed by atoms with E-state index < -0.39 is 0 Å². The largest absolute Gasteiger partial charge is 0.346 e. The van der Waals surface area contributed by atoms with Gasteiger partial charge in [0.2, 0.25) is 0 Å². The lowest BCUT2D eigenvalue weighted by Gasteiger charge is -2.37. The molecule has 1 aliphatic rings. The fourth-order valence-electron chi connectivity index (χ4n) is 4.09. The number of aromatic nitrogens is 3. The van der Waals surface area contributed by atoms with Crippen molar-refractivity contribution in [3.05, 3.63) is 47.9 Å². The van der Waals surface area contributed by atoms with Gasteiger partial charge in [-0.2, -0.15) is 5.26 Å². The number of hydrogen-bond acceptors (Lipinski definition) is 4. The number of nitriles is 1. The molecule has 0 unspecified atom stereocenters. The summed E-state index contributed by atoms with van der Waals surface area (Å²) >= 11 is 0. The van der Waals surface area contributed by atoms with Crippen LogP contribution in [0.25, 0.3) is 11.0 Å². The van der Waals surface area contributed by atoms with Gasteiger partial charge in [0, 0.05) is 17.9 Å². The summed E-state index contributed by atoms with van der Waals surface area (Å²) in [4.78, 5) is 15.0. The number of nitrogens with zero attached hydrogens (tertiary/aromatic N) is 4. The summed E-state index contributed by atoms with van der Waals surface area (Å²) in [6.45, 7) is 4.29. The van der Waals surface area contributed by atoms with E-state index in [0.717, 1.165) is 52.7 Å². The molecule has 1 aromatic carbocycles. The summed E-state index contributed by atoms with van der Waals surface area (Å²) in [7, 11) is 0. The third-order valence-corrected chi connectivity index (χ3v) is 5.58. The number of aromatic amines is 1. The first-order valence-electron chi connectivity index (χ1n) is 9.72. The first-order chi connectivity index (χ1) is 13.2. The van der Waals surface area contributed by atoms with E-state index in [-0.39, 0.29) is 0 Å². The van der Waals surface area contributed by atoms with Gasteiger partial charge in [-0.3, -0.25) is 0 Å². The zero-order valence-electron chi connectivity index (χ0n) is 15.9. The Bertz CT molecular complexity index is 959. The van der Waals surface area contributed by atoms with Crippen LogP contribution in [0.4, 0.5) is 11.5 Å². The molecule has 2 aromatic heterocycles. The predicted molar refractivity (Wildman–Crippen MR) is 108 cm³/mol. The molecule has 1 fully saturated rings. The van der Waals surface area contributed by atoms with Crippen LogP contribution < -0.4 is 4.90 Å². The minimum absolute atomic E-state index is 0.426. The minimum Gasteiger partial charge on any atom is -0.346 e. The van der Waals surface area contributed by atoms with Crippen molar-refractivity contribution in [3.8, 4) is 6.07 Å². The van der Waals surface area contributed by atoms with Crippen LogP contribution >= 0.6 is 0 Å². The zero-order valence-corrected chi connectivity index (χ0v) is 15.9. The van der Waals surface area contributed by atoms with E-state index in [1.807, 2.05) is 13.1 Å². The van der Waals surface area contributed by atoms with Crippen LogP contribution in [0.1, 0.15) is 44.0 Å². The van der Waals surface area contributed by atoms with Gasteiger partial charge >= 0.3 is 0 Å². The van der Waals surface area contributed by atoms with Crippen LogP contribution in [-0.2, 0) is 6.42 Å². The number of nitrogens with one attached hydrogen (secondary N) is 1. The summed E-state index contributed by atoms with van der Waals surface area (Å²) < 4.78 is 0. The van der Waals surface area contributed by atoms with Gasteiger partial charge in [0.25, 0.3) is 0 Å². The highest BCUT2D eigenvalue weighted by Crippen LogP contribution is 2.37. The maximum absolute atomic E-state index is 8.95. The molecular formula is C22H25N5. The van der Waals surface area contributed by atoms with Gasteiger partial charge in [0.1, 0.15) is 17.3 Å². The van der Waals surface area contributed by atoms with E-state index in [2.05, 4.69) is 58.2 Å². The van der Waals surface area contributed by atoms with Crippen molar-refractivity contribution in [1.82, 2.24) is 15.0 Å². The lowest BCUT2D eigenvalue weighted by atomic mass is 9.86. The third kappa shape index (κ3) is 3.52. The Morgan fingerprint density at radius 3 is 2.56 bits per heavy atom. The topological polar surface area (TPSA) is 68.6 Å². The molecule has 0 saturated heterocycles. The van der Waals surface area contributed by atoms with Crippen molar-refractivity contribution in [2.24, 2.45) is 5.92 Å². The van der Waals surface area contributed by atoms with E-state index in [4.69, 9.17) is 10.2 Å². The Balaban J connectivity index is 1.80. The van der Waals surface area contributed by atoms with Crippen molar-refractivity contribution in [1.29, 1.82) is 5.26 Å². The molecule has 3 aromatic rings. The Morgan fingerprint density at radius 1 is 1.11 bits per heavy atom. The average molecular weight is 359 g/mol. The predicted octanol–water partition coefficient (Wildman–Crippen LogP) is 5.05. The molecule has 4 rings (SSSR count). The quantitative estimate of drug-likeness (QED) is 0.708. The van der Waals surface area contributed by atoms with Crippen LogP contribution in [0.3, 0.4) is 0 Å². The highest BCUT2D eigenvalue weighted by Gasteiger charge is 2.28. The molecule has 0 amide bonds. The fraction of sp³-hybridized carbons (Fsp3) is 0.409. The molecule has 5 heteroatoms. The number of aryl methyl sites for hydroxylation is 1. The third-order valence-electron chi connectivity index (χ3n) is 5.58. The Kier molecular flexibility index (Phi) is 4.81. The summed E-state index contributed by atoms with van der Waals surface area (Å²) in [6.07, 6.45) is 7.18. The molecular weight excluding hydrogens is 334 g/mol. The molecule has 1 aliphatic carbocycles. The number of anilines is 2. The summed E-state index contributed by atoms with van der Waals surface area (Å²) in [5, 5.41) is 10.0. The second-order valence-corrected chi connectivity index (χ2v) is 7.62. The lowest BCUT2D eigenvalue weighted by molar-refractivity contribution is 0.345. The second kappa shape index (κ2) is 7.40. The Morgan fingerprint density at radius 2 is 1.85 bits per heavy atom. The lowest BCUT2D eigenvalue weighted by Crippen LogP contribution is -2.35. The number of rotatable bonds is 4. The fourth-order valence-corrected chi connectivity index (χ4v) is 4.09. The van der Waals surface area contributed by atoms with Crippen molar-refractivity contribution < 1.29 is 0 Å². The molecule has 0 atom stereocenters. The maximum atomic E-state index is 8.95. The number of fused-ring (bicyclic) bond motifs is 1. The molecule has 0 spiro atoms. The monoisotopic (exact) mass is 359 g/mol. The normalized spacial score (nSPS) is 19.7. The zero-order chi connectivity index (χ0) is 18.8. The SMILES string of the molecule is Cc1nc(N(c2ccc(CC#N)cc2)C2CCC(C)CC2)c2cc[nH]c2n1. The smallest absolute Gasteiger partial charge is 0.146 e. The van der Waals surface area contributed by atoms with Crippen molar-refractivity contribution in [2.45, 2.75) is 52.0 Å². The van der Waals surface area contributed by atoms with Gasteiger partial charge in [-0.15, -0.1) is 0 Å². The molecule has 1 N–H and O–H groups in total.